The normalized spacial score (nSPS) is 17.5. The van der Waals surface area contributed by atoms with Crippen LogP contribution in [0, 0.1) is 0 Å². The van der Waals surface area contributed by atoms with Gasteiger partial charge in [0.1, 0.15) is 0 Å². The molecule has 0 bridgehead atoms. The molecule has 1 aliphatic carbocycles. The topological polar surface area (TPSA) is 15.8 Å². The van der Waals surface area contributed by atoms with Gasteiger partial charge in [0.15, 0.2) is 0 Å². The van der Waals surface area contributed by atoms with Crippen molar-refractivity contribution < 1.29 is 0 Å². The summed E-state index contributed by atoms with van der Waals surface area (Å²) >= 11 is 0. The zero-order chi connectivity index (χ0) is 12.8. The molecule has 2 aromatic carbocycles. The number of fused-ring (bicyclic) bond motifs is 2. The zero-order valence-corrected chi connectivity index (χ0v) is 10.9. The van der Waals surface area contributed by atoms with Gasteiger partial charge >= 0.3 is 0 Å². The van der Waals surface area contributed by atoms with E-state index in [4.69, 9.17) is 0 Å². The van der Waals surface area contributed by atoms with Gasteiger partial charge in [-0.05, 0) is 35.6 Å². The van der Waals surface area contributed by atoms with Crippen molar-refractivity contribution in [2.75, 3.05) is 0 Å². The van der Waals surface area contributed by atoms with Gasteiger partial charge in [-0.25, -0.2) is 0 Å². The first kappa shape index (κ1) is 10.6. The summed E-state index contributed by atoms with van der Waals surface area (Å²) in [6, 6.07) is 19.4. The van der Waals surface area contributed by atoms with Crippen molar-refractivity contribution in [1.29, 1.82) is 0 Å². The molecule has 4 rings (SSSR count). The van der Waals surface area contributed by atoms with Crippen LogP contribution in [0.25, 0.3) is 17.0 Å². The van der Waals surface area contributed by atoms with E-state index in [1.807, 2.05) is 0 Å². The number of benzene rings is 2. The first-order valence-corrected chi connectivity index (χ1v) is 6.68. The highest BCUT2D eigenvalue weighted by Crippen LogP contribution is 2.40. The molecule has 1 N–H and O–H groups in total. The second kappa shape index (κ2) is 3.86. The minimum absolute atomic E-state index is 0.378. The Balaban J connectivity index is 1.91. The fourth-order valence-corrected chi connectivity index (χ4v) is 3.14. The van der Waals surface area contributed by atoms with Crippen molar-refractivity contribution >= 4 is 17.0 Å². The Morgan fingerprint density at radius 3 is 2.63 bits per heavy atom. The molecule has 0 saturated heterocycles. The van der Waals surface area contributed by atoms with E-state index in [9.17, 15) is 0 Å². The maximum Gasteiger partial charge on any atom is 0.0457 e. The average Bonchev–Trinajstić information content (AvgIpc) is 2.97. The number of rotatable bonds is 1. The van der Waals surface area contributed by atoms with Gasteiger partial charge in [-0.2, -0.15) is 0 Å². The summed E-state index contributed by atoms with van der Waals surface area (Å²) in [5.41, 5.74) is 6.68. The number of nitrogens with one attached hydrogen (secondary N) is 1. The van der Waals surface area contributed by atoms with Gasteiger partial charge in [0.05, 0.1) is 0 Å². The van der Waals surface area contributed by atoms with E-state index in [0.29, 0.717) is 5.92 Å². The molecule has 1 atom stereocenters. The highest BCUT2D eigenvalue weighted by atomic mass is 14.7. The van der Waals surface area contributed by atoms with Crippen LogP contribution < -0.4 is 0 Å². The monoisotopic (exact) mass is 245 g/mol. The van der Waals surface area contributed by atoms with E-state index in [-0.39, 0.29) is 0 Å². The van der Waals surface area contributed by atoms with Crippen molar-refractivity contribution in [3.63, 3.8) is 0 Å². The summed E-state index contributed by atoms with van der Waals surface area (Å²) in [5.74, 6) is 0.378. The molecule has 0 aliphatic heterocycles. The summed E-state index contributed by atoms with van der Waals surface area (Å²) in [7, 11) is 0. The molecule has 19 heavy (non-hydrogen) atoms. The lowest BCUT2D eigenvalue weighted by atomic mass is 9.93. The van der Waals surface area contributed by atoms with E-state index in [1.165, 1.54) is 33.3 Å². The van der Waals surface area contributed by atoms with Gasteiger partial charge < -0.3 is 4.98 Å². The third kappa shape index (κ3) is 1.55. The molecule has 0 spiro atoms. The van der Waals surface area contributed by atoms with E-state index < -0.39 is 0 Å². The Labute approximate surface area is 112 Å². The Morgan fingerprint density at radius 1 is 0.947 bits per heavy atom. The van der Waals surface area contributed by atoms with Crippen LogP contribution in [0.4, 0.5) is 0 Å². The van der Waals surface area contributed by atoms with Crippen molar-refractivity contribution in [3.05, 3.63) is 77.0 Å². The Bertz CT molecular complexity index is 759. The fourth-order valence-electron chi connectivity index (χ4n) is 3.14. The quantitative estimate of drug-likeness (QED) is 0.638. The molecule has 3 aromatic rings. The molecule has 0 saturated carbocycles. The molecule has 1 unspecified atom stereocenters. The molecular formula is C18H15N. The van der Waals surface area contributed by atoms with Crippen LogP contribution in [-0.4, -0.2) is 4.98 Å². The lowest BCUT2D eigenvalue weighted by Crippen LogP contribution is -1.99. The lowest BCUT2D eigenvalue weighted by molar-refractivity contribution is 0.938. The van der Waals surface area contributed by atoms with Crippen LogP contribution in [0.15, 0.2) is 60.2 Å². The summed E-state index contributed by atoms with van der Waals surface area (Å²) in [4.78, 5) is 3.57. The minimum Gasteiger partial charge on any atom is -0.358 e. The maximum atomic E-state index is 3.57. The van der Waals surface area contributed by atoms with Crippen LogP contribution >= 0.6 is 0 Å². The number of hydrogen-bond acceptors (Lipinski definition) is 0. The average molecular weight is 245 g/mol. The summed E-state index contributed by atoms with van der Waals surface area (Å²) in [6.45, 7) is 2.22. The first-order valence-electron chi connectivity index (χ1n) is 6.68. The van der Waals surface area contributed by atoms with Gasteiger partial charge in [0.2, 0.25) is 0 Å². The highest BCUT2D eigenvalue weighted by Gasteiger charge is 2.24. The van der Waals surface area contributed by atoms with Crippen molar-refractivity contribution in [1.82, 2.24) is 4.98 Å². The zero-order valence-electron chi connectivity index (χ0n) is 10.9. The second-order valence-corrected chi connectivity index (χ2v) is 5.26. The van der Waals surface area contributed by atoms with Gasteiger partial charge in [0.25, 0.3) is 0 Å². The number of aromatic nitrogens is 1. The number of allylic oxidation sites excluding steroid dienone is 1. The largest absolute Gasteiger partial charge is 0.358 e. The van der Waals surface area contributed by atoms with Gasteiger partial charge in [-0.15, -0.1) is 0 Å². The van der Waals surface area contributed by atoms with Crippen LogP contribution in [0.1, 0.15) is 29.7 Å². The van der Waals surface area contributed by atoms with Crippen molar-refractivity contribution in [3.8, 4) is 0 Å². The maximum absolute atomic E-state index is 3.57. The summed E-state index contributed by atoms with van der Waals surface area (Å²) in [5, 5.41) is 1.29. The molecule has 1 nitrogen and oxygen atoms in total. The summed E-state index contributed by atoms with van der Waals surface area (Å²) < 4.78 is 0. The molecule has 1 heteroatoms. The molecule has 92 valence electrons. The van der Waals surface area contributed by atoms with Gasteiger partial charge in [0, 0.05) is 17.1 Å². The highest BCUT2D eigenvalue weighted by molar-refractivity contribution is 5.81. The number of para-hydroxylation sites is 1. The Morgan fingerprint density at radius 2 is 1.74 bits per heavy atom. The van der Waals surface area contributed by atoms with Gasteiger partial charge in [-0.1, -0.05) is 54.1 Å². The van der Waals surface area contributed by atoms with Crippen LogP contribution in [-0.2, 0) is 0 Å². The first-order chi connectivity index (χ1) is 9.33. The smallest absolute Gasteiger partial charge is 0.0457 e. The molecule has 0 radical (unpaired) electrons. The van der Waals surface area contributed by atoms with Gasteiger partial charge in [-0.3, -0.25) is 0 Å². The Hall–Kier alpha value is -2.28. The second-order valence-electron chi connectivity index (χ2n) is 5.26. The predicted molar refractivity (Wildman–Crippen MR) is 80.2 cm³/mol. The third-order valence-electron chi connectivity index (χ3n) is 4.01. The SMILES string of the molecule is CC1=Cc2ccccc2C1c1cc2ccccc2[nH]1. The fraction of sp³-hybridized carbons (Fsp3) is 0.111. The third-order valence-corrected chi connectivity index (χ3v) is 4.01. The molecular weight excluding hydrogens is 230 g/mol. The molecule has 1 heterocycles. The van der Waals surface area contributed by atoms with Crippen LogP contribution in [0.2, 0.25) is 0 Å². The van der Waals surface area contributed by atoms with Crippen LogP contribution in [0.3, 0.4) is 0 Å². The van der Waals surface area contributed by atoms with E-state index >= 15 is 0 Å². The lowest BCUT2D eigenvalue weighted by Gasteiger charge is -2.12. The molecule has 1 aliphatic rings. The molecule has 0 fully saturated rings. The number of H-pyrrole nitrogens is 1. The number of aromatic amines is 1. The standard InChI is InChI=1S/C18H15N/c1-12-10-13-6-2-4-8-15(13)18(12)17-11-14-7-3-5-9-16(14)19-17/h2-11,18-19H,1H3. The molecule has 1 aromatic heterocycles. The predicted octanol–water partition coefficient (Wildman–Crippen LogP) is 4.72. The van der Waals surface area contributed by atoms with Crippen molar-refractivity contribution in [2.45, 2.75) is 12.8 Å². The Kier molecular flexibility index (Phi) is 2.16. The van der Waals surface area contributed by atoms with Crippen LogP contribution in [0.5, 0.6) is 0 Å². The van der Waals surface area contributed by atoms with Crippen molar-refractivity contribution in [2.24, 2.45) is 0 Å². The number of hydrogen-bond donors (Lipinski definition) is 1. The minimum atomic E-state index is 0.378. The summed E-state index contributed by atoms with van der Waals surface area (Å²) in [6.07, 6.45) is 2.30. The van der Waals surface area contributed by atoms with E-state index in [1.54, 1.807) is 0 Å². The van der Waals surface area contributed by atoms with E-state index in [0.717, 1.165) is 0 Å². The molecule has 0 amide bonds. The van der Waals surface area contributed by atoms with E-state index in [2.05, 4.69) is 72.6 Å².